The van der Waals surface area contributed by atoms with E-state index < -0.39 is 74.2 Å². The molecule has 1 aliphatic rings. The molecule has 9 unspecified atom stereocenters. The summed E-state index contributed by atoms with van der Waals surface area (Å²) in [4.78, 5) is 13.1. The van der Waals surface area contributed by atoms with Crippen molar-refractivity contribution in [3.05, 3.63) is 12.2 Å². The highest BCUT2D eigenvalue weighted by molar-refractivity contribution is 5.80. The fraction of sp³-hybridized carbons (Fsp3) is 0.942. The average Bonchev–Trinajstić information content (AvgIpc) is 3.28. The summed E-state index contributed by atoms with van der Waals surface area (Å²) in [5.74, 6) is -0.702. The van der Waals surface area contributed by atoms with Crippen LogP contribution in [0.2, 0.25) is 0 Å². The van der Waals surface area contributed by atoms with Gasteiger partial charge in [0.05, 0.1) is 25.4 Å². The predicted octanol–water partition coefficient (Wildman–Crippen LogP) is 10.0. The van der Waals surface area contributed by atoms with Gasteiger partial charge in [-0.1, -0.05) is 219 Å². The summed E-state index contributed by atoms with van der Waals surface area (Å²) < 4.78 is 11.1. The molecule has 11 heteroatoms. The molecule has 1 aliphatic heterocycles. The lowest BCUT2D eigenvalue weighted by atomic mass is 9.98. The third-order valence-corrected chi connectivity index (χ3v) is 13.1. The molecule has 1 fully saturated rings. The van der Waals surface area contributed by atoms with Crippen LogP contribution in [-0.2, 0) is 14.3 Å². The molecule has 1 amide bonds. The van der Waals surface area contributed by atoms with Crippen molar-refractivity contribution in [1.82, 2.24) is 5.32 Å². The van der Waals surface area contributed by atoms with Crippen molar-refractivity contribution in [3.8, 4) is 0 Å². The highest BCUT2D eigenvalue weighted by Crippen LogP contribution is 2.23. The maximum absolute atomic E-state index is 13.1. The molecule has 0 spiro atoms. The zero-order valence-corrected chi connectivity index (χ0v) is 40.6. The van der Waals surface area contributed by atoms with E-state index in [-0.39, 0.29) is 12.8 Å². The highest BCUT2D eigenvalue weighted by Gasteiger charge is 2.44. The number of rotatable bonds is 45. The second-order valence-electron chi connectivity index (χ2n) is 19.0. The molecule has 0 aromatic rings. The molecule has 0 bridgehead atoms. The van der Waals surface area contributed by atoms with Crippen molar-refractivity contribution in [2.75, 3.05) is 13.2 Å². The van der Waals surface area contributed by atoms with Gasteiger partial charge in [-0.05, 0) is 38.5 Å². The van der Waals surface area contributed by atoms with Crippen molar-refractivity contribution in [2.24, 2.45) is 0 Å². The number of ether oxygens (including phenoxy) is 2. The molecule has 63 heavy (non-hydrogen) atoms. The second-order valence-corrected chi connectivity index (χ2v) is 19.0. The molecule has 0 aromatic carbocycles. The molecule has 1 saturated heterocycles. The third-order valence-electron chi connectivity index (χ3n) is 13.1. The Morgan fingerprint density at radius 2 is 0.937 bits per heavy atom. The number of hydrogen-bond donors (Lipinski definition) is 8. The quantitative estimate of drug-likeness (QED) is 0.0216. The molecule has 1 heterocycles. The summed E-state index contributed by atoms with van der Waals surface area (Å²) in [6, 6.07) is -1.18. The van der Waals surface area contributed by atoms with E-state index in [2.05, 4.69) is 31.3 Å². The largest absolute Gasteiger partial charge is 0.394 e. The van der Waals surface area contributed by atoms with Gasteiger partial charge >= 0.3 is 0 Å². The zero-order valence-electron chi connectivity index (χ0n) is 40.6. The van der Waals surface area contributed by atoms with E-state index in [0.29, 0.717) is 12.8 Å². The van der Waals surface area contributed by atoms with E-state index in [1.54, 1.807) is 0 Å². The van der Waals surface area contributed by atoms with Crippen LogP contribution in [0.5, 0.6) is 0 Å². The van der Waals surface area contributed by atoms with Crippen LogP contribution in [0.3, 0.4) is 0 Å². The van der Waals surface area contributed by atoms with Crippen LogP contribution < -0.4 is 5.32 Å². The molecular formula is C52H101NO10. The van der Waals surface area contributed by atoms with E-state index >= 15 is 0 Å². The number of nitrogens with one attached hydrogen (secondary N) is 1. The minimum atomic E-state index is -1.66. The minimum absolute atomic E-state index is 0.259. The number of carbonyl (C=O) groups excluding carboxylic acids is 1. The molecule has 8 N–H and O–H groups in total. The molecule has 1 rings (SSSR count). The predicted molar refractivity (Wildman–Crippen MR) is 256 cm³/mol. The Hall–Kier alpha value is -1.15. The van der Waals surface area contributed by atoms with Gasteiger partial charge < -0.3 is 50.5 Å². The lowest BCUT2D eigenvalue weighted by molar-refractivity contribution is -0.303. The number of hydrogen-bond acceptors (Lipinski definition) is 10. The number of aliphatic hydroxyl groups excluding tert-OH is 7. The van der Waals surface area contributed by atoms with Crippen LogP contribution in [0.15, 0.2) is 12.2 Å². The van der Waals surface area contributed by atoms with Crippen molar-refractivity contribution in [2.45, 2.75) is 300 Å². The summed E-state index contributed by atoms with van der Waals surface area (Å²) >= 11 is 0. The van der Waals surface area contributed by atoms with Gasteiger partial charge in [0, 0.05) is 0 Å². The van der Waals surface area contributed by atoms with E-state index in [4.69, 9.17) is 9.47 Å². The summed E-state index contributed by atoms with van der Waals surface area (Å²) in [6.07, 6.45) is 35.4. The Morgan fingerprint density at radius 3 is 1.37 bits per heavy atom. The molecule has 374 valence electrons. The Labute approximate surface area is 385 Å². The van der Waals surface area contributed by atoms with Gasteiger partial charge in [-0.25, -0.2) is 0 Å². The fourth-order valence-corrected chi connectivity index (χ4v) is 8.68. The fourth-order valence-electron chi connectivity index (χ4n) is 8.68. The first kappa shape index (κ1) is 59.9. The Bertz CT molecular complexity index is 1030. The summed E-state index contributed by atoms with van der Waals surface area (Å²) in [7, 11) is 0. The van der Waals surface area contributed by atoms with Crippen molar-refractivity contribution < 1.29 is 50.0 Å². The first-order valence-electron chi connectivity index (χ1n) is 26.6. The average molecular weight is 900 g/mol. The summed E-state index contributed by atoms with van der Waals surface area (Å²) in [6.45, 7) is 3.46. The van der Waals surface area contributed by atoms with Crippen LogP contribution in [0.4, 0.5) is 0 Å². The molecule has 9 atom stereocenters. The third kappa shape index (κ3) is 31.5. The smallest absolute Gasteiger partial charge is 0.249 e. The van der Waals surface area contributed by atoms with E-state index in [1.165, 1.54) is 167 Å². The molecular weight excluding hydrogens is 799 g/mol. The van der Waals surface area contributed by atoms with Gasteiger partial charge in [-0.2, -0.15) is 0 Å². The SMILES string of the molecule is CCCCCCCCCCCCCCCC/C=C/CCCC(O)C(O)C(COC1OC(CO)C(O)C(O)C1O)NC(=O)C(O)CCCCCCCCCCCCCCCCCCC. The van der Waals surface area contributed by atoms with E-state index in [0.717, 1.165) is 38.5 Å². The summed E-state index contributed by atoms with van der Waals surface area (Å²) in [5, 5.41) is 75.9. The number of unbranched alkanes of at least 4 members (excludes halogenated alkanes) is 31. The number of carbonyl (C=O) groups is 1. The van der Waals surface area contributed by atoms with Crippen LogP contribution in [0.25, 0.3) is 0 Å². The Morgan fingerprint density at radius 1 is 0.540 bits per heavy atom. The van der Waals surface area contributed by atoms with Crippen molar-refractivity contribution in [1.29, 1.82) is 0 Å². The van der Waals surface area contributed by atoms with Crippen molar-refractivity contribution >= 4 is 5.91 Å². The van der Waals surface area contributed by atoms with Crippen LogP contribution in [0, 0.1) is 0 Å². The number of aliphatic hydroxyl groups is 7. The monoisotopic (exact) mass is 900 g/mol. The number of amides is 1. The maximum atomic E-state index is 13.1. The summed E-state index contributed by atoms with van der Waals surface area (Å²) in [5.41, 5.74) is 0. The zero-order chi connectivity index (χ0) is 46.2. The van der Waals surface area contributed by atoms with Crippen LogP contribution in [-0.4, -0.2) is 110 Å². The Balaban J connectivity index is 2.39. The van der Waals surface area contributed by atoms with E-state index in [1.807, 2.05) is 0 Å². The lowest BCUT2D eigenvalue weighted by Gasteiger charge is -2.40. The first-order valence-corrected chi connectivity index (χ1v) is 26.6. The van der Waals surface area contributed by atoms with Crippen molar-refractivity contribution in [3.63, 3.8) is 0 Å². The molecule has 0 saturated carbocycles. The van der Waals surface area contributed by atoms with Crippen LogP contribution in [0.1, 0.15) is 245 Å². The first-order chi connectivity index (χ1) is 30.7. The normalized spacial score (nSPS) is 21.2. The molecule has 0 radical (unpaired) electrons. The van der Waals surface area contributed by atoms with Gasteiger partial charge in [0.2, 0.25) is 5.91 Å². The molecule has 0 aliphatic carbocycles. The molecule has 11 nitrogen and oxygen atoms in total. The van der Waals surface area contributed by atoms with Gasteiger partial charge in [-0.3, -0.25) is 4.79 Å². The van der Waals surface area contributed by atoms with Gasteiger partial charge in [0.1, 0.15) is 36.6 Å². The molecule has 0 aromatic heterocycles. The standard InChI is InChI=1S/C52H101NO10/c1-3-5-7-9-11-13-15-17-19-21-22-24-25-27-29-31-33-35-37-39-44(55)47(57)43(42-62-52-50(60)49(59)48(58)46(41-54)63-52)53-51(61)45(56)40-38-36-34-32-30-28-26-23-20-18-16-14-12-10-8-6-4-2/h31,33,43-50,52,54-60H,3-30,32,34-42H2,1-2H3,(H,53,61)/b33-31+. The van der Waals surface area contributed by atoms with Crippen LogP contribution >= 0.6 is 0 Å². The minimum Gasteiger partial charge on any atom is -0.394 e. The maximum Gasteiger partial charge on any atom is 0.249 e. The van der Waals surface area contributed by atoms with Gasteiger partial charge in [0.25, 0.3) is 0 Å². The highest BCUT2D eigenvalue weighted by atomic mass is 16.7. The van der Waals surface area contributed by atoms with Gasteiger partial charge in [-0.15, -0.1) is 0 Å². The van der Waals surface area contributed by atoms with E-state index in [9.17, 15) is 40.5 Å². The number of allylic oxidation sites excluding steroid dienone is 2. The van der Waals surface area contributed by atoms with Gasteiger partial charge in [0.15, 0.2) is 6.29 Å². The second kappa shape index (κ2) is 42.2. The lowest BCUT2D eigenvalue weighted by Crippen LogP contribution is -2.60. The Kier molecular flexibility index (Phi) is 40.1. The topological polar surface area (TPSA) is 189 Å².